The van der Waals surface area contributed by atoms with Gasteiger partial charge in [0.05, 0.1) is 30.5 Å². The van der Waals surface area contributed by atoms with E-state index in [0.29, 0.717) is 18.6 Å². The summed E-state index contributed by atoms with van der Waals surface area (Å²) in [6.45, 7) is 6.16. The Morgan fingerprint density at radius 1 is 1.00 bits per heavy atom. The smallest absolute Gasteiger partial charge is 0.338 e. The fourth-order valence-corrected chi connectivity index (χ4v) is 12.3. The third kappa shape index (κ3) is 3.69. The van der Waals surface area contributed by atoms with Crippen LogP contribution in [-0.2, 0) is 33.2 Å². The molecule has 7 bridgehead atoms. The van der Waals surface area contributed by atoms with E-state index in [9.17, 15) is 9.59 Å². The highest BCUT2D eigenvalue weighted by atomic mass is 16.6. The Morgan fingerprint density at radius 3 is 2.40 bits per heavy atom. The van der Waals surface area contributed by atoms with Crippen LogP contribution in [0.25, 0.3) is 0 Å². The lowest BCUT2D eigenvalue weighted by molar-refractivity contribution is -0.280. The fourth-order valence-electron chi connectivity index (χ4n) is 12.3. The number of rotatable bonds is 9. The van der Waals surface area contributed by atoms with Crippen molar-refractivity contribution in [2.45, 2.75) is 75.6 Å². The average Bonchev–Trinajstić information content (AvgIpc) is 3.43. The van der Waals surface area contributed by atoms with Crippen molar-refractivity contribution in [2.75, 3.05) is 48.1 Å². The Labute approximate surface area is 254 Å². The van der Waals surface area contributed by atoms with Crippen molar-refractivity contribution in [1.29, 1.82) is 0 Å². The number of piperidine rings is 1. The lowest BCUT2D eigenvalue weighted by atomic mass is 9.43. The summed E-state index contributed by atoms with van der Waals surface area (Å²) in [5.74, 6) is -0.797. The summed E-state index contributed by atoms with van der Waals surface area (Å²) in [5, 5.41) is 0. The zero-order valence-corrected chi connectivity index (χ0v) is 26.3. The Bertz CT molecular complexity index is 1240. The number of nitrogens with zero attached hydrogens (tertiary/aromatic N) is 1. The second-order valence-electron chi connectivity index (χ2n) is 14.1. The fraction of sp³-hybridized carbons (Fsp3) is 0.765. The molecule has 5 aliphatic carbocycles. The predicted octanol–water partition coefficient (Wildman–Crippen LogP) is 3.59. The van der Waals surface area contributed by atoms with Crippen LogP contribution in [0.15, 0.2) is 30.3 Å². The van der Waals surface area contributed by atoms with Crippen molar-refractivity contribution in [1.82, 2.24) is 4.90 Å². The van der Waals surface area contributed by atoms with Gasteiger partial charge in [-0.15, -0.1) is 0 Å². The molecular weight excluding hydrogens is 550 g/mol. The topological polar surface area (TPSA) is 92.8 Å². The van der Waals surface area contributed by atoms with Crippen LogP contribution < -0.4 is 0 Å². The van der Waals surface area contributed by atoms with Gasteiger partial charge >= 0.3 is 11.9 Å². The third-order valence-electron chi connectivity index (χ3n) is 12.9. The molecule has 1 aromatic carbocycles. The maximum atomic E-state index is 13.7. The second kappa shape index (κ2) is 10.5. The number of hydrogen-bond donors (Lipinski definition) is 0. The molecule has 0 N–H and O–H groups in total. The molecule has 1 aliphatic heterocycles. The highest BCUT2D eigenvalue weighted by Gasteiger charge is 2.88. The third-order valence-corrected chi connectivity index (χ3v) is 12.9. The van der Waals surface area contributed by atoms with Gasteiger partial charge in [0, 0.05) is 88.9 Å². The summed E-state index contributed by atoms with van der Waals surface area (Å²) in [6.07, 6.45) is 2.42. The van der Waals surface area contributed by atoms with Gasteiger partial charge in [-0.25, -0.2) is 4.79 Å². The molecule has 43 heavy (non-hydrogen) atoms. The molecule has 1 aromatic rings. The minimum atomic E-state index is -0.922. The van der Waals surface area contributed by atoms with Crippen LogP contribution in [0.2, 0.25) is 0 Å². The van der Waals surface area contributed by atoms with E-state index in [1.165, 1.54) is 6.92 Å². The second-order valence-corrected chi connectivity index (χ2v) is 14.1. The summed E-state index contributed by atoms with van der Waals surface area (Å²) >= 11 is 0. The Balaban J connectivity index is 1.46. The lowest BCUT2D eigenvalue weighted by Crippen LogP contribution is -2.77. The number of esters is 2. The first-order valence-corrected chi connectivity index (χ1v) is 16.0. The molecule has 0 amide bonds. The lowest BCUT2D eigenvalue weighted by Gasteiger charge is -2.69. The highest BCUT2D eigenvalue weighted by molar-refractivity contribution is 5.89. The zero-order valence-electron chi connectivity index (χ0n) is 26.3. The van der Waals surface area contributed by atoms with E-state index in [1.807, 2.05) is 32.4 Å². The molecule has 13 atom stereocenters. The molecule has 1 unspecified atom stereocenters. The molecule has 0 aromatic heterocycles. The van der Waals surface area contributed by atoms with E-state index in [0.717, 1.165) is 32.4 Å². The molecule has 6 fully saturated rings. The Kier molecular flexibility index (Phi) is 7.25. The summed E-state index contributed by atoms with van der Waals surface area (Å²) in [5.41, 5.74) is -0.816. The van der Waals surface area contributed by atoms with Gasteiger partial charge in [-0.05, 0) is 43.9 Å². The average molecular weight is 598 g/mol. The van der Waals surface area contributed by atoms with E-state index in [4.69, 9.17) is 28.4 Å². The van der Waals surface area contributed by atoms with Gasteiger partial charge in [-0.2, -0.15) is 0 Å². The maximum absolute atomic E-state index is 13.7. The molecule has 5 saturated carbocycles. The van der Waals surface area contributed by atoms with Crippen molar-refractivity contribution in [3.8, 4) is 0 Å². The van der Waals surface area contributed by atoms with Gasteiger partial charge < -0.3 is 28.4 Å². The first-order chi connectivity index (χ1) is 20.8. The number of ether oxygens (including phenoxy) is 6. The molecule has 9 heteroatoms. The van der Waals surface area contributed by atoms with E-state index in [1.54, 1.807) is 26.4 Å². The number of hydrogen-bond acceptors (Lipinski definition) is 9. The van der Waals surface area contributed by atoms with Crippen LogP contribution in [0.3, 0.4) is 0 Å². The van der Waals surface area contributed by atoms with Crippen LogP contribution in [0.1, 0.15) is 49.9 Å². The number of methoxy groups -OCH3 is 4. The van der Waals surface area contributed by atoms with E-state index in [-0.39, 0.29) is 76.7 Å². The molecule has 236 valence electrons. The first-order valence-electron chi connectivity index (χ1n) is 16.0. The van der Waals surface area contributed by atoms with Crippen molar-refractivity contribution in [2.24, 2.45) is 40.4 Å². The molecule has 1 spiro atoms. The van der Waals surface area contributed by atoms with E-state index < -0.39 is 11.7 Å². The van der Waals surface area contributed by atoms with Gasteiger partial charge in [-0.3, -0.25) is 9.69 Å². The first kappa shape index (κ1) is 29.7. The van der Waals surface area contributed by atoms with Crippen LogP contribution in [0.4, 0.5) is 0 Å². The number of benzene rings is 1. The molecule has 6 aliphatic rings. The molecular formula is C34H47NO8. The highest BCUT2D eigenvalue weighted by Crippen LogP contribution is 2.80. The number of carbonyl (C=O) groups excluding carboxylic acids is 2. The number of carbonyl (C=O) groups is 2. The number of fused-ring (bicyclic) bond motifs is 2. The van der Waals surface area contributed by atoms with Gasteiger partial charge in [-0.1, -0.05) is 25.1 Å². The van der Waals surface area contributed by atoms with Crippen LogP contribution >= 0.6 is 0 Å². The van der Waals surface area contributed by atoms with Gasteiger partial charge in [0.15, 0.2) is 0 Å². The van der Waals surface area contributed by atoms with E-state index >= 15 is 0 Å². The predicted molar refractivity (Wildman–Crippen MR) is 156 cm³/mol. The van der Waals surface area contributed by atoms with Crippen LogP contribution in [0, 0.1) is 40.4 Å². The van der Waals surface area contributed by atoms with Crippen LogP contribution in [0.5, 0.6) is 0 Å². The molecule has 7 rings (SSSR count). The van der Waals surface area contributed by atoms with Crippen LogP contribution in [-0.4, -0.2) is 101 Å². The van der Waals surface area contributed by atoms with Crippen molar-refractivity contribution >= 4 is 11.9 Å². The van der Waals surface area contributed by atoms with Gasteiger partial charge in [0.25, 0.3) is 0 Å². The minimum absolute atomic E-state index is 0.00405. The van der Waals surface area contributed by atoms with Gasteiger partial charge in [0.1, 0.15) is 11.7 Å². The minimum Gasteiger partial charge on any atom is -0.458 e. The molecule has 1 saturated heterocycles. The Morgan fingerprint density at radius 2 is 1.77 bits per heavy atom. The van der Waals surface area contributed by atoms with Gasteiger partial charge in [0.2, 0.25) is 0 Å². The largest absolute Gasteiger partial charge is 0.458 e. The summed E-state index contributed by atoms with van der Waals surface area (Å²) in [4.78, 5) is 29.5. The maximum Gasteiger partial charge on any atom is 0.338 e. The molecule has 1 heterocycles. The SMILES string of the molecule is CCN1C[C@]2(COC)CC[C@H](OC)[C@]34C1[C@@H]([C@H](OC)[C@H]23)[C@@]1(OC(C)=O)C[C@H](OC)[C@H]2C[C@@H]4[C@@H]1[C@H]2OC(=O)c1ccccc1. The van der Waals surface area contributed by atoms with Crippen molar-refractivity contribution in [3.63, 3.8) is 0 Å². The monoisotopic (exact) mass is 597 g/mol. The Hall–Kier alpha value is -2.04. The zero-order chi connectivity index (χ0) is 30.3. The summed E-state index contributed by atoms with van der Waals surface area (Å²) < 4.78 is 38.7. The summed E-state index contributed by atoms with van der Waals surface area (Å²) in [7, 11) is 7.20. The number of likely N-dealkylation sites (tertiary alicyclic amines) is 1. The quantitative estimate of drug-likeness (QED) is 0.396. The van der Waals surface area contributed by atoms with Crippen molar-refractivity contribution < 1.29 is 38.0 Å². The molecule has 9 nitrogen and oxygen atoms in total. The summed E-state index contributed by atoms with van der Waals surface area (Å²) in [6, 6.07) is 9.26. The van der Waals surface area contributed by atoms with E-state index in [2.05, 4.69) is 11.8 Å². The normalized spacial score (nSPS) is 47.3. The standard InChI is InChI=1S/C34H47NO8/c1-7-35-17-32(18-38-3)14-13-24(40-5)34-22-15-21-23(39-4)16-33(43-19(2)36,26(30(34)35)28(41-6)29(32)34)25(22)27(21)42-31(37)20-11-9-8-10-12-20/h8-12,21-30H,7,13-18H2,1-6H3/t21-,22-,23+,24+,25-,26-,27+,28+,29-,30?,32+,33-,34+/m1/s1. The molecule has 0 radical (unpaired) electrons. The van der Waals surface area contributed by atoms with Crippen molar-refractivity contribution in [3.05, 3.63) is 35.9 Å².